The quantitative estimate of drug-likeness (QED) is 0.168. The number of piperidine rings is 1. The van der Waals surface area contributed by atoms with E-state index in [0.29, 0.717) is 6.54 Å². The smallest absolute Gasteiger partial charge is 0.328 e. The lowest BCUT2D eigenvalue weighted by atomic mass is 9.93. The van der Waals surface area contributed by atoms with E-state index in [0.717, 1.165) is 32.0 Å². The van der Waals surface area contributed by atoms with Gasteiger partial charge in [0, 0.05) is 25.2 Å². The van der Waals surface area contributed by atoms with E-state index < -0.39 is 29.1 Å². The number of benzene rings is 2. The van der Waals surface area contributed by atoms with Crippen LogP contribution in [0.2, 0.25) is 0 Å². The average molecular weight is 599 g/mol. The van der Waals surface area contributed by atoms with Gasteiger partial charge in [-0.05, 0) is 55.1 Å². The first-order valence-corrected chi connectivity index (χ1v) is 14.6. The van der Waals surface area contributed by atoms with Crippen LogP contribution in [0.3, 0.4) is 0 Å². The van der Waals surface area contributed by atoms with Crippen LogP contribution in [-0.2, 0) is 27.4 Å². The van der Waals surface area contributed by atoms with E-state index in [1.54, 1.807) is 0 Å². The molecule has 0 radical (unpaired) electrons. The molecule has 2 heterocycles. The molecule has 0 spiro atoms. The summed E-state index contributed by atoms with van der Waals surface area (Å²) in [6.45, 7) is 3.68. The Morgan fingerprint density at radius 2 is 1.88 bits per heavy atom. The molecular formula is C28H34N6O7S. The summed E-state index contributed by atoms with van der Waals surface area (Å²) in [5.41, 5.74) is 1.28. The molecule has 13 nitrogen and oxygen atoms in total. The first-order chi connectivity index (χ1) is 20.2. The van der Waals surface area contributed by atoms with Crippen LogP contribution in [-0.4, -0.2) is 83.8 Å². The van der Waals surface area contributed by atoms with Gasteiger partial charge in [-0.1, -0.05) is 48.5 Å². The summed E-state index contributed by atoms with van der Waals surface area (Å²) >= 11 is -2.33. The van der Waals surface area contributed by atoms with Gasteiger partial charge in [0.1, 0.15) is 0 Å². The number of likely N-dealkylation sites (tertiary alicyclic amines) is 1. The molecule has 14 heteroatoms. The number of aliphatic carboxylic acids is 1. The molecule has 4 N–H and O–H groups in total. The number of carboxylic acids is 1. The van der Waals surface area contributed by atoms with Gasteiger partial charge in [-0.15, -0.1) is 10.2 Å². The fraction of sp³-hybridized carbons (Fsp3) is 0.393. The van der Waals surface area contributed by atoms with Crippen LogP contribution < -0.4 is 10.6 Å². The zero-order chi connectivity index (χ0) is 30.1. The van der Waals surface area contributed by atoms with Crippen molar-refractivity contribution in [1.82, 2.24) is 30.0 Å². The third-order valence-electron chi connectivity index (χ3n) is 7.21. The maximum Gasteiger partial charge on any atom is 0.328 e. The predicted molar refractivity (Wildman–Crippen MR) is 154 cm³/mol. The van der Waals surface area contributed by atoms with E-state index >= 15 is 0 Å². The molecule has 3 aromatic rings. The van der Waals surface area contributed by atoms with Crippen molar-refractivity contribution in [3.63, 3.8) is 0 Å². The Morgan fingerprint density at radius 3 is 2.62 bits per heavy atom. The molecule has 42 heavy (non-hydrogen) atoms. The Bertz CT molecular complexity index is 1450. The Balaban J connectivity index is 1.22. The van der Waals surface area contributed by atoms with Crippen LogP contribution in [0.1, 0.15) is 47.9 Å². The van der Waals surface area contributed by atoms with Crippen molar-refractivity contribution in [3.8, 4) is 0 Å². The third-order valence-corrected chi connectivity index (χ3v) is 7.93. The number of amides is 2. The van der Waals surface area contributed by atoms with Crippen molar-refractivity contribution in [3.05, 3.63) is 72.0 Å². The molecule has 1 aliphatic heterocycles. The van der Waals surface area contributed by atoms with Crippen molar-refractivity contribution >= 4 is 39.8 Å². The molecule has 0 aliphatic carbocycles. The summed E-state index contributed by atoms with van der Waals surface area (Å²) in [6.07, 6.45) is 3.80. The Morgan fingerprint density at radius 1 is 1.14 bits per heavy atom. The van der Waals surface area contributed by atoms with Crippen molar-refractivity contribution in [2.75, 3.05) is 32.7 Å². The third kappa shape index (κ3) is 8.52. The van der Waals surface area contributed by atoms with Gasteiger partial charge < -0.3 is 20.2 Å². The molecule has 2 amide bonds. The fourth-order valence-electron chi connectivity index (χ4n) is 5.00. The molecule has 0 bridgehead atoms. The predicted octanol–water partition coefficient (Wildman–Crippen LogP) is 2.12. The monoisotopic (exact) mass is 598 g/mol. The van der Waals surface area contributed by atoms with Crippen molar-refractivity contribution in [1.29, 1.82) is 0 Å². The van der Waals surface area contributed by atoms with Gasteiger partial charge in [0.25, 0.3) is 0 Å². The zero-order valence-corrected chi connectivity index (χ0v) is 24.0. The lowest BCUT2D eigenvalue weighted by molar-refractivity contribution is -0.131. The largest absolute Gasteiger partial charge is 0.478 e. The first kappa shape index (κ1) is 31.0. The maximum absolute atomic E-state index is 12.5. The fourth-order valence-corrected chi connectivity index (χ4v) is 5.57. The SMILES string of the molecule is CC(c1cccc2ccccc12)N1CCC(CN(CC(=O)NCc2nnc(C(=O)NC/C=C/C(=O)O)o2)S(=O)O)CC1. The molecule has 2 aromatic carbocycles. The zero-order valence-electron chi connectivity index (χ0n) is 23.1. The molecule has 1 saturated heterocycles. The number of hydrogen-bond acceptors (Lipinski definition) is 8. The lowest BCUT2D eigenvalue weighted by Crippen LogP contribution is -2.43. The van der Waals surface area contributed by atoms with Crippen LogP contribution in [0, 0.1) is 5.92 Å². The van der Waals surface area contributed by atoms with Gasteiger partial charge in [-0.3, -0.25) is 19.0 Å². The second-order valence-corrected chi connectivity index (χ2v) is 11.0. The Kier molecular flexibility index (Phi) is 10.9. The first-order valence-electron chi connectivity index (χ1n) is 13.6. The molecule has 4 rings (SSSR count). The van der Waals surface area contributed by atoms with E-state index in [1.165, 1.54) is 26.7 Å². The van der Waals surface area contributed by atoms with Crippen LogP contribution in [0.15, 0.2) is 59.0 Å². The molecule has 1 aromatic heterocycles. The van der Waals surface area contributed by atoms with Gasteiger partial charge in [-0.2, -0.15) is 4.31 Å². The maximum atomic E-state index is 12.5. The average Bonchev–Trinajstić information content (AvgIpc) is 3.47. The number of fused-ring (bicyclic) bond motifs is 1. The standard InChI is InChI=1S/C28H34N6O7S/c1-19(22-9-4-7-21-6-2-3-8-23(21)22)33-14-11-20(12-15-33)17-34(42(39)40)18-24(35)30-16-25-31-32-28(41-25)27(38)29-13-5-10-26(36)37/h2-10,19-20H,11-18H2,1H3,(H,29,38)(H,30,35)(H,36,37)(H,39,40)/b10-5+. The minimum atomic E-state index is -2.33. The molecule has 1 fully saturated rings. The summed E-state index contributed by atoms with van der Waals surface area (Å²) in [5, 5.41) is 23.3. The second-order valence-electron chi connectivity index (χ2n) is 10.0. The molecular weight excluding hydrogens is 564 g/mol. The summed E-state index contributed by atoms with van der Waals surface area (Å²) in [7, 11) is 0. The van der Waals surface area contributed by atoms with Crippen molar-refractivity contribution < 1.29 is 32.7 Å². The highest BCUT2D eigenvalue weighted by atomic mass is 32.2. The Labute approximate surface area is 245 Å². The van der Waals surface area contributed by atoms with Gasteiger partial charge >= 0.3 is 17.8 Å². The van der Waals surface area contributed by atoms with E-state index in [2.05, 4.69) is 69.1 Å². The van der Waals surface area contributed by atoms with Crippen LogP contribution in [0.25, 0.3) is 10.8 Å². The highest BCUT2D eigenvalue weighted by Gasteiger charge is 2.28. The second kappa shape index (κ2) is 14.8. The van der Waals surface area contributed by atoms with Crippen molar-refractivity contribution in [2.45, 2.75) is 32.4 Å². The van der Waals surface area contributed by atoms with Gasteiger partial charge in [0.2, 0.25) is 23.1 Å². The number of carbonyl (C=O) groups excluding carboxylic acids is 2. The molecule has 2 atom stereocenters. The number of hydrogen-bond donors (Lipinski definition) is 4. The normalized spacial score (nSPS) is 16.1. The van der Waals surface area contributed by atoms with E-state index in [4.69, 9.17) is 9.52 Å². The number of nitrogens with zero attached hydrogens (tertiary/aromatic N) is 4. The van der Waals surface area contributed by atoms with Gasteiger partial charge in [-0.25, -0.2) is 9.00 Å². The highest BCUT2D eigenvalue weighted by molar-refractivity contribution is 7.76. The number of nitrogens with one attached hydrogen (secondary N) is 2. The van der Waals surface area contributed by atoms with E-state index in [9.17, 15) is 23.1 Å². The molecule has 0 saturated carbocycles. The van der Waals surface area contributed by atoms with Crippen LogP contribution in [0.5, 0.6) is 0 Å². The number of carbonyl (C=O) groups is 3. The topological polar surface area (TPSA) is 178 Å². The van der Waals surface area contributed by atoms with Gasteiger partial charge in [0.15, 0.2) is 0 Å². The number of aromatic nitrogens is 2. The number of carboxylic acid groups (broad SMARTS) is 1. The summed E-state index contributed by atoms with van der Waals surface area (Å²) in [6, 6.07) is 14.9. The molecule has 1 aliphatic rings. The Hall–Kier alpha value is -3.98. The highest BCUT2D eigenvalue weighted by Crippen LogP contribution is 2.31. The number of rotatable bonds is 13. The summed E-state index contributed by atoms with van der Waals surface area (Å²) in [4.78, 5) is 37.4. The van der Waals surface area contributed by atoms with Crippen LogP contribution in [0.4, 0.5) is 0 Å². The van der Waals surface area contributed by atoms with E-state index in [1.807, 2.05) is 6.07 Å². The minimum absolute atomic E-state index is 0.0288. The summed E-state index contributed by atoms with van der Waals surface area (Å²) < 4.78 is 28.3. The molecule has 2 unspecified atom stereocenters. The minimum Gasteiger partial charge on any atom is -0.478 e. The van der Waals surface area contributed by atoms with Crippen LogP contribution >= 0.6 is 0 Å². The molecule has 224 valence electrons. The van der Waals surface area contributed by atoms with E-state index in [-0.39, 0.29) is 43.4 Å². The lowest BCUT2D eigenvalue weighted by Gasteiger charge is -2.37. The van der Waals surface area contributed by atoms with Crippen molar-refractivity contribution in [2.24, 2.45) is 5.92 Å². The van der Waals surface area contributed by atoms with Gasteiger partial charge in [0.05, 0.1) is 13.1 Å². The summed E-state index contributed by atoms with van der Waals surface area (Å²) in [5.74, 6) is -2.57.